The smallest absolute Gasteiger partial charge is 0.306 e. The molecule has 0 aromatic carbocycles. The molecular formula is C26H32O9. The van der Waals surface area contributed by atoms with Gasteiger partial charge in [-0.15, -0.1) is 0 Å². The number of hydrogen-bond acceptors (Lipinski definition) is 9. The average molecular weight is 489 g/mol. The number of rotatable bonds is 1. The first-order valence-corrected chi connectivity index (χ1v) is 12.6. The first-order valence-electron chi connectivity index (χ1n) is 12.6. The van der Waals surface area contributed by atoms with Crippen molar-refractivity contribution in [1.82, 2.24) is 0 Å². The number of esters is 2. The van der Waals surface area contributed by atoms with Crippen molar-refractivity contribution in [2.75, 3.05) is 6.61 Å². The molecule has 0 amide bonds. The molecule has 6 fully saturated rings. The Morgan fingerprint density at radius 3 is 2.49 bits per heavy atom. The second-order valence-electron chi connectivity index (χ2n) is 12.8. The van der Waals surface area contributed by atoms with Crippen molar-refractivity contribution in [2.24, 2.45) is 34.0 Å². The molecule has 2 aliphatic carbocycles. The lowest BCUT2D eigenvalue weighted by molar-refractivity contribution is -0.388. The number of furan rings is 1. The predicted molar refractivity (Wildman–Crippen MR) is 116 cm³/mol. The molecule has 9 nitrogen and oxygen atoms in total. The van der Waals surface area contributed by atoms with Crippen molar-refractivity contribution in [3.63, 3.8) is 0 Å². The van der Waals surface area contributed by atoms with Gasteiger partial charge in [0.1, 0.15) is 18.3 Å². The minimum absolute atomic E-state index is 0.000175. The van der Waals surface area contributed by atoms with Crippen LogP contribution in [-0.4, -0.2) is 57.0 Å². The monoisotopic (exact) mass is 488 g/mol. The largest absolute Gasteiger partial charge is 0.472 e. The highest BCUT2D eigenvalue weighted by Gasteiger charge is 2.93. The van der Waals surface area contributed by atoms with Crippen LogP contribution in [0.4, 0.5) is 0 Å². The topological polar surface area (TPSA) is 136 Å². The van der Waals surface area contributed by atoms with Gasteiger partial charge in [-0.25, -0.2) is 0 Å². The van der Waals surface area contributed by atoms with Crippen LogP contribution in [-0.2, 0) is 23.8 Å². The molecule has 190 valence electrons. The lowest BCUT2D eigenvalue weighted by Crippen LogP contribution is -2.82. The van der Waals surface area contributed by atoms with E-state index in [9.17, 15) is 24.9 Å². The lowest BCUT2D eigenvalue weighted by Gasteiger charge is -2.69. The predicted octanol–water partition coefficient (Wildman–Crippen LogP) is 1.84. The van der Waals surface area contributed by atoms with E-state index in [0.29, 0.717) is 12.8 Å². The maximum atomic E-state index is 13.0. The van der Waals surface area contributed by atoms with Gasteiger partial charge in [0, 0.05) is 35.7 Å². The molecule has 6 aliphatic rings. The summed E-state index contributed by atoms with van der Waals surface area (Å²) in [5.74, 6) is -3.98. The molecule has 7 rings (SSSR count). The zero-order chi connectivity index (χ0) is 24.8. The highest BCUT2D eigenvalue weighted by Crippen LogP contribution is 2.82. The van der Waals surface area contributed by atoms with Crippen LogP contribution in [0, 0.1) is 34.0 Å². The van der Waals surface area contributed by atoms with Gasteiger partial charge in [-0.2, -0.15) is 0 Å². The summed E-state index contributed by atoms with van der Waals surface area (Å²) in [6, 6.07) is 1.79. The van der Waals surface area contributed by atoms with Gasteiger partial charge in [0.15, 0.2) is 0 Å². The van der Waals surface area contributed by atoms with Gasteiger partial charge >= 0.3 is 11.9 Å². The van der Waals surface area contributed by atoms with E-state index < -0.39 is 51.4 Å². The van der Waals surface area contributed by atoms with Crippen LogP contribution >= 0.6 is 0 Å². The second-order valence-corrected chi connectivity index (χ2v) is 12.8. The third-order valence-electron chi connectivity index (χ3n) is 11.3. The Kier molecular flexibility index (Phi) is 3.90. The first-order chi connectivity index (χ1) is 16.4. The molecule has 1 aromatic rings. The van der Waals surface area contributed by atoms with Gasteiger partial charge in [0.2, 0.25) is 5.79 Å². The molecule has 5 heterocycles. The van der Waals surface area contributed by atoms with Crippen LogP contribution in [0.1, 0.15) is 64.5 Å². The molecule has 2 bridgehead atoms. The van der Waals surface area contributed by atoms with E-state index in [1.807, 2.05) is 13.8 Å². The van der Waals surface area contributed by atoms with E-state index in [-0.39, 0.29) is 49.6 Å². The van der Waals surface area contributed by atoms with Gasteiger partial charge in [-0.3, -0.25) is 9.59 Å². The van der Waals surface area contributed by atoms with E-state index >= 15 is 0 Å². The molecule has 4 saturated heterocycles. The van der Waals surface area contributed by atoms with E-state index in [1.165, 1.54) is 0 Å². The zero-order valence-corrected chi connectivity index (χ0v) is 20.2. The normalized spacial score (nSPS) is 55.4. The van der Waals surface area contributed by atoms with Gasteiger partial charge in [0.05, 0.1) is 36.1 Å². The molecule has 35 heavy (non-hydrogen) atoms. The Balaban J connectivity index is 1.44. The van der Waals surface area contributed by atoms with Crippen molar-refractivity contribution in [3.05, 3.63) is 24.2 Å². The number of aliphatic hydroxyl groups is 3. The lowest BCUT2D eigenvalue weighted by atomic mass is 9.35. The van der Waals surface area contributed by atoms with Gasteiger partial charge in [-0.1, -0.05) is 20.8 Å². The minimum Gasteiger partial charge on any atom is -0.472 e. The maximum Gasteiger partial charge on any atom is 0.306 e. The van der Waals surface area contributed by atoms with E-state index in [4.69, 9.17) is 18.6 Å². The summed E-state index contributed by atoms with van der Waals surface area (Å²) in [5, 5.41) is 36.0. The summed E-state index contributed by atoms with van der Waals surface area (Å²) in [7, 11) is 0. The summed E-state index contributed by atoms with van der Waals surface area (Å²) in [6.07, 6.45) is 2.67. The number of hydrogen-bond donors (Lipinski definition) is 3. The molecule has 10 atom stereocenters. The van der Waals surface area contributed by atoms with Crippen molar-refractivity contribution in [3.8, 4) is 0 Å². The Morgan fingerprint density at radius 1 is 1.03 bits per heavy atom. The fraction of sp³-hybridized carbons (Fsp3) is 0.769. The van der Waals surface area contributed by atoms with Crippen LogP contribution in [0.25, 0.3) is 0 Å². The molecule has 3 N–H and O–H groups in total. The number of fused-ring (bicyclic) bond motifs is 1. The SMILES string of the molecule is CC1(C)C(O)C2(O)CC34OC2(O)C2(COC(=O)CC12)C3CCC1(C)C(c2ccoc2)OC(=O)CC14. The van der Waals surface area contributed by atoms with Gasteiger partial charge < -0.3 is 33.9 Å². The highest BCUT2D eigenvalue weighted by molar-refractivity contribution is 5.73. The molecule has 1 aromatic heterocycles. The Labute approximate surface area is 202 Å². The maximum absolute atomic E-state index is 13.0. The molecule has 2 saturated carbocycles. The van der Waals surface area contributed by atoms with Crippen molar-refractivity contribution in [1.29, 1.82) is 0 Å². The van der Waals surface area contributed by atoms with E-state index in [0.717, 1.165) is 5.56 Å². The van der Waals surface area contributed by atoms with Gasteiger partial charge in [0.25, 0.3) is 0 Å². The Bertz CT molecular complexity index is 1130. The summed E-state index contributed by atoms with van der Waals surface area (Å²) in [4.78, 5) is 25.4. The van der Waals surface area contributed by atoms with Crippen molar-refractivity contribution in [2.45, 2.75) is 82.1 Å². The Morgan fingerprint density at radius 2 is 1.77 bits per heavy atom. The van der Waals surface area contributed by atoms with Gasteiger partial charge in [-0.05, 0) is 30.2 Å². The number of ether oxygens (including phenoxy) is 3. The Hall–Kier alpha value is -1.94. The summed E-state index contributed by atoms with van der Waals surface area (Å²) >= 11 is 0. The van der Waals surface area contributed by atoms with Crippen LogP contribution in [0.3, 0.4) is 0 Å². The number of aliphatic hydroxyl groups excluding tert-OH is 1. The third kappa shape index (κ3) is 2.11. The zero-order valence-electron chi connectivity index (χ0n) is 20.2. The highest BCUT2D eigenvalue weighted by atomic mass is 16.7. The fourth-order valence-corrected chi connectivity index (χ4v) is 9.91. The van der Waals surface area contributed by atoms with Crippen molar-refractivity contribution < 1.29 is 43.5 Å². The molecule has 10 unspecified atom stereocenters. The van der Waals surface area contributed by atoms with Crippen molar-refractivity contribution >= 4 is 11.9 Å². The second kappa shape index (κ2) is 6.13. The third-order valence-corrected chi connectivity index (χ3v) is 11.3. The summed E-state index contributed by atoms with van der Waals surface area (Å²) < 4.78 is 23.4. The summed E-state index contributed by atoms with van der Waals surface area (Å²) in [6.45, 7) is 5.68. The quantitative estimate of drug-likeness (QED) is 0.506. The molecule has 9 heteroatoms. The number of carbonyl (C=O) groups excluding carboxylic acids is 2. The molecule has 2 spiro atoms. The number of cyclic esters (lactones) is 2. The number of carbonyl (C=O) groups is 2. The minimum atomic E-state index is -2.11. The van der Waals surface area contributed by atoms with Crippen LogP contribution in [0.5, 0.6) is 0 Å². The van der Waals surface area contributed by atoms with Crippen LogP contribution < -0.4 is 0 Å². The molecular weight excluding hydrogens is 456 g/mol. The van der Waals surface area contributed by atoms with Crippen LogP contribution in [0.15, 0.2) is 23.0 Å². The average Bonchev–Trinajstić information content (AvgIpc) is 3.46. The molecule has 0 radical (unpaired) electrons. The molecule has 4 aliphatic heterocycles. The van der Waals surface area contributed by atoms with Crippen LogP contribution in [0.2, 0.25) is 0 Å². The first kappa shape index (κ1) is 22.3. The summed E-state index contributed by atoms with van der Waals surface area (Å²) in [5.41, 5.74) is -4.81. The standard InChI is InChI=1S/C26H32O9/c1-21(2)15-8-17(27)33-12-23(15)14-4-6-22(3)16(9-18(28)34-19(22)13-5-7-32-10-13)24(14)11-25(30,20(21)29)26(23,31)35-24/h5,7,10,14-16,19-20,29-31H,4,6,8-9,11-12H2,1-3H3. The van der Waals surface area contributed by atoms with E-state index in [1.54, 1.807) is 18.6 Å². The van der Waals surface area contributed by atoms with E-state index in [2.05, 4.69) is 6.92 Å². The fourth-order valence-electron chi connectivity index (χ4n) is 9.91.